The van der Waals surface area contributed by atoms with Crippen LogP contribution >= 0.6 is 0 Å². The van der Waals surface area contributed by atoms with Crippen LogP contribution in [-0.2, 0) is 23.8 Å². The fourth-order valence-corrected chi connectivity index (χ4v) is 2.67. The topological polar surface area (TPSA) is 94.2 Å². The maximum atomic E-state index is 12.1. The molecule has 1 amide bonds. The van der Waals surface area contributed by atoms with Gasteiger partial charge in [0.1, 0.15) is 5.60 Å². The van der Waals surface area contributed by atoms with E-state index in [0.29, 0.717) is 26.2 Å². The molecule has 0 aromatic carbocycles. The molecular weight excluding hydrogens is 328 g/mol. The Labute approximate surface area is 149 Å². The predicted molar refractivity (Wildman–Crippen MR) is 90.9 cm³/mol. The van der Waals surface area contributed by atoms with E-state index in [9.17, 15) is 14.4 Å². The van der Waals surface area contributed by atoms with E-state index in [1.54, 1.807) is 34.6 Å². The lowest BCUT2D eigenvalue weighted by Crippen LogP contribution is -2.37. The van der Waals surface area contributed by atoms with Crippen LogP contribution in [0.1, 0.15) is 34.6 Å². The SMILES string of the molecule is CCOC(=O)C1CN(CCNC(=O)OC(C)(C)C)CC1C(=O)OCC. The number of hydrogen-bond acceptors (Lipinski definition) is 7. The zero-order valence-corrected chi connectivity index (χ0v) is 15.8. The molecule has 25 heavy (non-hydrogen) atoms. The molecule has 8 nitrogen and oxygen atoms in total. The van der Waals surface area contributed by atoms with E-state index >= 15 is 0 Å². The van der Waals surface area contributed by atoms with Crippen LogP contribution in [-0.4, -0.2) is 67.9 Å². The van der Waals surface area contributed by atoms with Gasteiger partial charge in [0.2, 0.25) is 0 Å². The van der Waals surface area contributed by atoms with E-state index in [4.69, 9.17) is 14.2 Å². The van der Waals surface area contributed by atoms with Gasteiger partial charge in [-0.15, -0.1) is 0 Å². The van der Waals surface area contributed by atoms with Crippen LogP contribution in [0.25, 0.3) is 0 Å². The number of esters is 2. The monoisotopic (exact) mass is 358 g/mol. The molecule has 0 spiro atoms. The summed E-state index contributed by atoms with van der Waals surface area (Å²) in [5.74, 6) is -1.85. The summed E-state index contributed by atoms with van der Waals surface area (Å²) in [6.07, 6.45) is -0.490. The first-order valence-corrected chi connectivity index (χ1v) is 8.70. The third-order valence-corrected chi connectivity index (χ3v) is 3.67. The highest BCUT2D eigenvalue weighted by molar-refractivity contribution is 5.83. The van der Waals surface area contributed by atoms with Crippen molar-refractivity contribution in [2.75, 3.05) is 39.4 Å². The highest BCUT2D eigenvalue weighted by Gasteiger charge is 2.43. The van der Waals surface area contributed by atoms with Gasteiger partial charge in [0, 0.05) is 26.2 Å². The summed E-state index contributed by atoms with van der Waals surface area (Å²) in [6, 6.07) is 0. The van der Waals surface area contributed by atoms with Crippen LogP contribution < -0.4 is 5.32 Å². The van der Waals surface area contributed by atoms with E-state index in [1.807, 2.05) is 4.90 Å². The van der Waals surface area contributed by atoms with Gasteiger partial charge in [-0.3, -0.25) is 14.5 Å². The minimum atomic E-state index is -0.554. The Morgan fingerprint density at radius 2 is 1.48 bits per heavy atom. The molecule has 0 saturated carbocycles. The van der Waals surface area contributed by atoms with Gasteiger partial charge in [0.05, 0.1) is 25.0 Å². The van der Waals surface area contributed by atoms with Crippen molar-refractivity contribution in [2.45, 2.75) is 40.2 Å². The normalized spacial score (nSPS) is 20.8. The van der Waals surface area contributed by atoms with Crippen LogP contribution in [0.3, 0.4) is 0 Å². The second-order valence-electron chi connectivity index (χ2n) is 6.91. The molecule has 1 N–H and O–H groups in total. The molecule has 1 fully saturated rings. The van der Waals surface area contributed by atoms with Crippen molar-refractivity contribution < 1.29 is 28.6 Å². The molecular formula is C17H30N2O6. The summed E-state index contributed by atoms with van der Waals surface area (Å²) in [7, 11) is 0. The van der Waals surface area contributed by atoms with E-state index in [0.717, 1.165) is 0 Å². The number of nitrogens with zero attached hydrogens (tertiary/aromatic N) is 1. The minimum Gasteiger partial charge on any atom is -0.466 e. The third-order valence-electron chi connectivity index (χ3n) is 3.67. The van der Waals surface area contributed by atoms with Crippen molar-refractivity contribution >= 4 is 18.0 Å². The lowest BCUT2D eigenvalue weighted by Gasteiger charge is -2.21. The fourth-order valence-electron chi connectivity index (χ4n) is 2.67. The number of rotatable bonds is 7. The Balaban J connectivity index is 2.54. The summed E-state index contributed by atoms with van der Waals surface area (Å²) < 4.78 is 15.3. The van der Waals surface area contributed by atoms with Crippen LogP contribution in [0.15, 0.2) is 0 Å². The average Bonchev–Trinajstić information content (AvgIpc) is 2.90. The molecule has 2 unspecified atom stereocenters. The van der Waals surface area contributed by atoms with E-state index in [-0.39, 0.29) is 25.2 Å². The largest absolute Gasteiger partial charge is 0.466 e. The maximum absolute atomic E-state index is 12.1. The van der Waals surface area contributed by atoms with Crippen LogP contribution in [0.5, 0.6) is 0 Å². The molecule has 0 aromatic heterocycles. The molecule has 0 aromatic rings. The zero-order chi connectivity index (χ0) is 19.0. The minimum absolute atomic E-state index is 0.269. The lowest BCUT2D eigenvalue weighted by molar-refractivity contribution is -0.157. The van der Waals surface area contributed by atoms with Gasteiger partial charge in [-0.25, -0.2) is 4.79 Å². The van der Waals surface area contributed by atoms with E-state index in [2.05, 4.69) is 5.32 Å². The molecule has 1 aliphatic rings. The molecule has 144 valence electrons. The Bertz CT molecular complexity index is 448. The number of carbonyl (C=O) groups excluding carboxylic acids is 3. The first kappa shape index (κ1) is 21.2. The van der Waals surface area contributed by atoms with Gasteiger partial charge in [0.25, 0.3) is 0 Å². The Hall–Kier alpha value is -1.83. The van der Waals surface area contributed by atoms with Gasteiger partial charge >= 0.3 is 18.0 Å². The van der Waals surface area contributed by atoms with Crippen LogP contribution in [0, 0.1) is 11.8 Å². The summed E-state index contributed by atoms with van der Waals surface area (Å²) in [5.41, 5.74) is -0.554. The highest BCUT2D eigenvalue weighted by atomic mass is 16.6. The molecule has 1 rings (SSSR count). The summed E-state index contributed by atoms with van der Waals surface area (Å²) >= 11 is 0. The molecule has 8 heteroatoms. The fraction of sp³-hybridized carbons (Fsp3) is 0.824. The summed E-state index contributed by atoms with van der Waals surface area (Å²) in [6.45, 7) is 11.0. The van der Waals surface area contributed by atoms with Gasteiger partial charge < -0.3 is 19.5 Å². The maximum Gasteiger partial charge on any atom is 0.407 e. The quantitative estimate of drug-likeness (QED) is 0.539. The number of ether oxygens (including phenoxy) is 3. The first-order chi connectivity index (χ1) is 11.7. The number of likely N-dealkylation sites (tertiary alicyclic amines) is 1. The number of carbonyl (C=O) groups is 3. The van der Waals surface area contributed by atoms with Crippen molar-refractivity contribution in [1.29, 1.82) is 0 Å². The van der Waals surface area contributed by atoms with Gasteiger partial charge in [-0.2, -0.15) is 0 Å². The number of hydrogen-bond donors (Lipinski definition) is 1. The van der Waals surface area contributed by atoms with E-state index in [1.165, 1.54) is 0 Å². The second-order valence-corrected chi connectivity index (χ2v) is 6.91. The van der Waals surface area contributed by atoms with Crippen LogP contribution in [0.2, 0.25) is 0 Å². The summed E-state index contributed by atoms with van der Waals surface area (Å²) in [5, 5.41) is 2.67. The number of nitrogens with one attached hydrogen (secondary N) is 1. The Morgan fingerprint density at radius 3 is 1.88 bits per heavy atom. The molecule has 1 saturated heterocycles. The highest BCUT2D eigenvalue weighted by Crippen LogP contribution is 2.25. The number of alkyl carbamates (subject to hydrolysis) is 1. The smallest absolute Gasteiger partial charge is 0.407 e. The average molecular weight is 358 g/mol. The standard InChI is InChI=1S/C17H30N2O6/c1-6-23-14(20)12-10-19(11-13(12)15(21)24-7-2)9-8-18-16(22)25-17(3,4)5/h12-13H,6-11H2,1-5H3,(H,18,22). The first-order valence-electron chi connectivity index (χ1n) is 8.70. The molecule has 1 aliphatic heterocycles. The third kappa shape index (κ3) is 7.29. The lowest BCUT2D eigenvalue weighted by atomic mass is 9.96. The van der Waals surface area contributed by atoms with Crippen molar-refractivity contribution in [2.24, 2.45) is 11.8 Å². The van der Waals surface area contributed by atoms with Crippen molar-refractivity contribution in [3.63, 3.8) is 0 Å². The molecule has 1 heterocycles. The van der Waals surface area contributed by atoms with Gasteiger partial charge in [-0.05, 0) is 34.6 Å². The molecule has 0 aliphatic carbocycles. The van der Waals surface area contributed by atoms with Gasteiger partial charge in [-0.1, -0.05) is 0 Å². The van der Waals surface area contributed by atoms with Crippen molar-refractivity contribution in [3.05, 3.63) is 0 Å². The number of amides is 1. The van der Waals surface area contributed by atoms with E-state index < -0.39 is 23.5 Å². The molecule has 2 atom stereocenters. The Kier molecular flexibility index (Phi) is 8.15. The second kappa shape index (κ2) is 9.60. The van der Waals surface area contributed by atoms with Crippen LogP contribution in [0.4, 0.5) is 4.79 Å². The van der Waals surface area contributed by atoms with Crippen molar-refractivity contribution in [1.82, 2.24) is 10.2 Å². The molecule has 0 radical (unpaired) electrons. The van der Waals surface area contributed by atoms with Gasteiger partial charge in [0.15, 0.2) is 0 Å². The molecule has 0 bridgehead atoms. The van der Waals surface area contributed by atoms with Crippen molar-refractivity contribution in [3.8, 4) is 0 Å². The summed E-state index contributed by atoms with van der Waals surface area (Å²) in [4.78, 5) is 37.8. The zero-order valence-electron chi connectivity index (χ0n) is 15.8. The Morgan fingerprint density at radius 1 is 1.00 bits per heavy atom. The predicted octanol–water partition coefficient (Wildman–Crippen LogP) is 1.19.